The molecule has 0 spiro atoms. The van der Waals surface area contributed by atoms with Gasteiger partial charge in [0.1, 0.15) is 5.82 Å². The standard InChI is InChI=1S/C17H17FN2O/c1-11-7-8-14(9-12(11)2)13(3)19-20-17(21)15-5-4-6-16(18)10-15/h4-10H,1-3H3,(H,20,21). The minimum atomic E-state index is -0.447. The van der Waals surface area contributed by atoms with Crippen LogP contribution in [0.4, 0.5) is 4.39 Å². The van der Waals surface area contributed by atoms with E-state index in [2.05, 4.69) is 10.5 Å². The zero-order valence-electron chi connectivity index (χ0n) is 12.3. The number of hydrogen-bond donors (Lipinski definition) is 1. The fourth-order valence-electron chi connectivity index (χ4n) is 1.86. The van der Waals surface area contributed by atoms with Crippen molar-refractivity contribution in [3.8, 4) is 0 Å². The number of nitrogens with zero attached hydrogens (tertiary/aromatic N) is 1. The second-order valence-electron chi connectivity index (χ2n) is 4.95. The van der Waals surface area contributed by atoms with Gasteiger partial charge in [0.15, 0.2) is 0 Å². The number of hydrogen-bond acceptors (Lipinski definition) is 2. The van der Waals surface area contributed by atoms with Gasteiger partial charge in [0.05, 0.1) is 5.71 Å². The number of rotatable bonds is 3. The van der Waals surface area contributed by atoms with Crippen LogP contribution in [0.3, 0.4) is 0 Å². The average molecular weight is 284 g/mol. The Morgan fingerprint density at radius 1 is 1.05 bits per heavy atom. The molecule has 0 aliphatic carbocycles. The molecule has 0 atom stereocenters. The summed E-state index contributed by atoms with van der Waals surface area (Å²) in [4.78, 5) is 11.9. The lowest BCUT2D eigenvalue weighted by atomic mass is 10.0. The Labute approximate surface area is 123 Å². The Hall–Kier alpha value is -2.49. The first-order valence-electron chi connectivity index (χ1n) is 6.65. The van der Waals surface area contributed by atoms with Gasteiger partial charge >= 0.3 is 0 Å². The zero-order chi connectivity index (χ0) is 15.4. The van der Waals surface area contributed by atoms with E-state index in [0.29, 0.717) is 5.71 Å². The Balaban J connectivity index is 2.13. The van der Waals surface area contributed by atoms with Crippen LogP contribution in [0, 0.1) is 19.7 Å². The molecule has 0 aliphatic heterocycles. The second kappa shape index (κ2) is 6.31. The predicted molar refractivity (Wildman–Crippen MR) is 82.0 cm³/mol. The summed E-state index contributed by atoms with van der Waals surface area (Å²) in [5, 5.41) is 4.07. The van der Waals surface area contributed by atoms with Crippen molar-refractivity contribution in [3.05, 3.63) is 70.5 Å². The van der Waals surface area contributed by atoms with E-state index < -0.39 is 11.7 Å². The highest BCUT2D eigenvalue weighted by Crippen LogP contribution is 2.10. The molecule has 2 rings (SSSR count). The fraction of sp³-hybridized carbons (Fsp3) is 0.176. The topological polar surface area (TPSA) is 41.5 Å². The third kappa shape index (κ3) is 3.75. The monoisotopic (exact) mass is 284 g/mol. The lowest BCUT2D eigenvalue weighted by Gasteiger charge is -2.06. The number of nitrogens with one attached hydrogen (secondary N) is 1. The molecule has 0 radical (unpaired) electrons. The molecule has 1 amide bonds. The normalized spacial score (nSPS) is 11.3. The molecule has 0 heterocycles. The van der Waals surface area contributed by atoms with Crippen molar-refractivity contribution in [2.75, 3.05) is 0 Å². The summed E-state index contributed by atoms with van der Waals surface area (Å²) in [6, 6.07) is 11.5. The SMILES string of the molecule is CC(=NNC(=O)c1cccc(F)c1)c1ccc(C)c(C)c1. The number of amides is 1. The lowest BCUT2D eigenvalue weighted by Crippen LogP contribution is -2.19. The van der Waals surface area contributed by atoms with Crippen molar-refractivity contribution < 1.29 is 9.18 Å². The molecule has 3 nitrogen and oxygen atoms in total. The molecule has 0 saturated heterocycles. The highest BCUT2D eigenvalue weighted by Gasteiger charge is 2.06. The molecule has 0 aliphatic rings. The van der Waals surface area contributed by atoms with E-state index in [9.17, 15) is 9.18 Å². The van der Waals surface area contributed by atoms with Crippen molar-refractivity contribution in [1.29, 1.82) is 0 Å². The summed E-state index contributed by atoms with van der Waals surface area (Å²) >= 11 is 0. The van der Waals surface area contributed by atoms with E-state index in [1.165, 1.54) is 29.3 Å². The third-order valence-corrected chi connectivity index (χ3v) is 3.34. The van der Waals surface area contributed by atoms with Crippen molar-refractivity contribution in [3.63, 3.8) is 0 Å². The van der Waals surface area contributed by atoms with E-state index >= 15 is 0 Å². The van der Waals surface area contributed by atoms with Crippen LogP contribution < -0.4 is 5.43 Å². The molecule has 108 valence electrons. The van der Waals surface area contributed by atoms with Gasteiger partial charge in [-0.15, -0.1) is 0 Å². The van der Waals surface area contributed by atoms with Gasteiger partial charge in [-0.1, -0.05) is 18.2 Å². The molecule has 0 aromatic heterocycles. The van der Waals surface area contributed by atoms with Gasteiger partial charge in [-0.25, -0.2) is 9.82 Å². The Morgan fingerprint density at radius 2 is 1.81 bits per heavy atom. The maximum absolute atomic E-state index is 13.1. The Kier molecular flexibility index (Phi) is 4.48. The molecule has 2 aromatic rings. The molecule has 0 saturated carbocycles. The van der Waals surface area contributed by atoms with Crippen LogP contribution in [-0.4, -0.2) is 11.6 Å². The largest absolute Gasteiger partial charge is 0.271 e. The zero-order valence-corrected chi connectivity index (χ0v) is 12.3. The molecule has 2 aromatic carbocycles. The number of benzene rings is 2. The lowest BCUT2D eigenvalue weighted by molar-refractivity contribution is 0.0954. The molecule has 4 heteroatoms. The highest BCUT2D eigenvalue weighted by molar-refractivity contribution is 6.01. The third-order valence-electron chi connectivity index (χ3n) is 3.34. The van der Waals surface area contributed by atoms with E-state index in [1.54, 1.807) is 6.07 Å². The van der Waals surface area contributed by atoms with Gasteiger partial charge < -0.3 is 0 Å². The minimum absolute atomic E-state index is 0.242. The van der Waals surface area contributed by atoms with Crippen molar-refractivity contribution >= 4 is 11.6 Å². The number of hydrazone groups is 1. The number of carbonyl (C=O) groups is 1. The number of aryl methyl sites for hydroxylation is 2. The first-order chi connectivity index (χ1) is 9.97. The van der Waals surface area contributed by atoms with Crippen LogP contribution in [0.15, 0.2) is 47.6 Å². The molecular weight excluding hydrogens is 267 g/mol. The quantitative estimate of drug-likeness (QED) is 0.679. The van der Waals surface area contributed by atoms with Crippen LogP contribution in [0.25, 0.3) is 0 Å². The van der Waals surface area contributed by atoms with Gasteiger partial charge in [0, 0.05) is 5.56 Å². The molecular formula is C17H17FN2O. The van der Waals surface area contributed by atoms with E-state index in [4.69, 9.17) is 0 Å². The molecule has 0 fully saturated rings. The van der Waals surface area contributed by atoms with Crippen molar-refractivity contribution in [2.45, 2.75) is 20.8 Å². The van der Waals surface area contributed by atoms with Gasteiger partial charge in [0.2, 0.25) is 0 Å². The summed E-state index contributed by atoms with van der Waals surface area (Å²) in [5.74, 6) is -0.879. The summed E-state index contributed by atoms with van der Waals surface area (Å²) in [5.41, 5.74) is 6.69. The summed E-state index contributed by atoms with van der Waals surface area (Å²) < 4.78 is 13.1. The fourth-order valence-corrected chi connectivity index (χ4v) is 1.86. The first kappa shape index (κ1) is 14.9. The Morgan fingerprint density at radius 3 is 2.48 bits per heavy atom. The van der Waals surface area contributed by atoms with Crippen LogP contribution >= 0.6 is 0 Å². The summed E-state index contributed by atoms with van der Waals surface area (Å²) in [7, 11) is 0. The molecule has 1 N–H and O–H groups in total. The highest BCUT2D eigenvalue weighted by atomic mass is 19.1. The first-order valence-corrected chi connectivity index (χ1v) is 6.65. The number of halogens is 1. The average Bonchev–Trinajstić information content (AvgIpc) is 2.47. The van der Waals surface area contributed by atoms with Gasteiger partial charge in [0.25, 0.3) is 5.91 Å². The minimum Gasteiger partial charge on any atom is -0.267 e. The van der Waals surface area contributed by atoms with Gasteiger partial charge in [-0.2, -0.15) is 5.10 Å². The van der Waals surface area contributed by atoms with Crippen molar-refractivity contribution in [2.24, 2.45) is 5.10 Å². The molecule has 0 bridgehead atoms. The Bertz CT molecular complexity index is 708. The summed E-state index contributed by atoms with van der Waals surface area (Å²) in [6.45, 7) is 5.88. The van der Waals surface area contributed by atoms with Gasteiger partial charge in [-0.3, -0.25) is 4.79 Å². The van der Waals surface area contributed by atoms with Gasteiger partial charge in [-0.05, 0) is 61.7 Å². The predicted octanol–water partition coefficient (Wildman–Crippen LogP) is 3.60. The van der Waals surface area contributed by atoms with E-state index in [-0.39, 0.29) is 5.56 Å². The van der Waals surface area contributed by atoms with Crippen LogP contribution in [0.1, 0.15) is 34.0 Å². The van der Waals surface area contributed by atoms with E-state index in [0.717, 1.165) is 5.56 Å². The van der Waals surface area contributed by atoms with Crippen molar-refractivity contribution in [1.82, 2.24) is 5.43 Å². The maximum atomic E-state index is 13.1. The second-order valence-corrected chi connectivity index (χ2v) is 4.95. The number of carbonyl (C=O) groups excluding carboxylic acids is 1. The molecule has 21 heavy (non-hydrogen) atoms. The van der Waals surface area contributed by atoms with Crippen LogP contribution in [-0.2, 0) is 0 Å². The van der Waals surface area contributed by atoms with Crippen LogP contribution in [0.2, 0.25) is 0 Å². The smallest absolute Gasteiger partial charge is 0.267 e. The van der Waals surface area contributed by atoms with Crippen LogP contribution in [0.5, 0.6) is 0 Å². The van der Waals surface area contributed by atoms with E-state index in [1.807, 2.05) is 39.0 Å². The molecule has 0 unspecified atom stereocenters. The summed E-state index contributed by atoms with van der Waals surface area (Å²) in [6.07, 6.45) is 0. The maximum Gasteiger partial charge on any atom is 0.271 e.